The summed E-state index contributed by atoms with van der Waals surface area (Å²) in [5.74, 6) is -2.47. The molecule has 0 spiro atoms. The molecule has 0 aliphatic carbocycles. The fraction of sp³-hybridized carbons (Fsp3) is 0.308. The number of nitro benzene ring substituents is 1. The molecule has 14 heteroatoms. The maximum atomic E-state index is 12.1. The number of carbonyl (C=O) groups is 4. The number of hydrogen-bond acceptors (Lipinski definition) is 11. The summed E-state index contributed by atoms with van der Waals surface area (Å²) in [5.41, 5.74) is 7.75. The first kappa shape index (κ1) is 29.4. The Morgan fingerprint density at radius 1 is 0.850 bits per heavy atom. The Labute approximate surface area is 227 Å². The van der Waals surface area contributed by atoms with Gasteiger partial charge in [-0.1, -0.05) is 13.8 Å². The number of H-pyrrole nitrogens is 2. The lowest BCUT2D eigenvalue weighted by molar-refractivity contribution is -0.384. The van der Waals surface area contributed by atoms with Gasteiger partial charge in [0.2, 0.25) is 0 Å². The lowest BCUT2D eigenvalue weighted by Crippen LogP contribution is -2.17. The number of nitrogens with one attached hydrogen (secondary N) is 2. The number of nitro groups is 1. The molecule has 0 aliphatic heterocycles. The number of nitrogens with two attached hydrogens (primary N) is 1. The van der Waals surface area contributed by atoms with Crippen molar-refractivity contribution in [3.8, 4) is 0 Å². The molecule has 0 fully saturated rings. The van der Waals surface area contributed by atoms with Crippen molar-refractivity contribution < 1.29 is 33.6 Å². The fourth-order valence-corrected chi connectivity index (χ4v) is 3.90. The second kappa shape index (κ2) is 12.6. The van der Waals surface area contributed by atoms with E-state index in [0.29, 0.717) is 33.2 Å². The topological polar surface area (TPSA) is 213 Å². The number of ketones is 2. The van der Waals surface area contributed by atoms with Crippen LogP contribution < -0.4 is 5.73 Å². The number of esters is 2. The third-order valence-electron chi connectivity index (χ3n) is 6.06. The third kappa shape index (κ3) is 6.64. The van der Waals surface area contributed by atoms with Gasteiger partial charge in [0.25, 0.3) is 5.69 Å². The van der Waals surface area contributed by atoms with E-state index in [0.717, 1.165) is 0 Å². The standard InChI is InChI=1S/C13H13N3O5.C13H15N3O3/c1-7(13(18)21-2)5-11(17)12-9-4-3-8(16(19)20)6-10(9)14-15-12;1-7(13(18)19-2)5-11(17)12-9-4-3-8(14)6-10(9)15-16-12/h3-4,6-7H,5H2,1-2H3,(H,14,15);3-4,6-7H,5,14H2,1-2H3,(H,15,16)/t2*7-/m11/s1. The molecule has 0 amide bonds. The minimum absolute atomic E-state index is 0.0381. The SMILES string of the molecule is COC(=O)[C@H](C)CC(=O)c1n[nH]c2cc(N)ccc12.COC(=O)[C@H](C)CC(=O)c1n[nH]c2cc([N+](=O)[O-])ccc12. The van der Waals surface area contributed by atoms with E-state index in [9.17, 15) is 29.3 Å². The van der Waals surface area contributed by atoms with Gasteiger partial charge in [-0.2, -0.15) is 10.2 Å². The predicted molar refractivity (Wildman–Crippen MR) is 144 cm³/mol. The number of Topliss-reactive ketones (excluding diaryl/α,β-unsaturated/α-hetero) is 2. The van der Waals surface area contributed by atoms with Crippen molar-refractivity contribution in [1.82, 2.24) is 20.4 Å². The Kier molecular flexibility index (Phi) is 9.27. The number of aromatic amines is 2. The predicted octanol–water partition coefficient (Wildman–Crippen LogP) is 3.38. The summed E-state index contributed by atoms with van der Waals surface area (Å²) in [6.45, 7) is 3.24. The summed E-state index contributed by atoms with van der Waals surface area (Å²) < 4.78 is 9.16. The molecule has 0 aliphatic rings. The Morgan fingerprint density at radius 2 is 1.30 bits per heavy atom. The van der Waals surface area contributed by atoms with Gasteiger partial charge in [0.15, 0.2) is 11.6 Å². The number of rotatable bonds is 9. The van der Waals surface area contributed by atoms with Gasteiger partial charge in [0.1, 0.15) is 11.4 Å². The molecule has 40 heavy (non-hydrogen) atoms. The first-order valence-electron chi connectivity index (χ1n) is 12.0. The van der Waals surface area contributed by atoms with Crippen molar-refractivity contribution in [2.24, 2.45) is 11.8 Å². The molecule has 210 valence electrons. The first-order valence-corrected chi connectivity index (χ1v) is 12.0. The third-order valence-corrected chi connectivity index (χ3v) is 6.06. The number of aromatic nitrogens is 4. The van der Waals surface area contributed by atoms with Crippen molar-refractivity contribution in [1.29, 1.82) is 0 Å². The van der Waals surface area contributed by atoms with E-state index in [1.807, 2.05) is 0 Å². The van der Waals surface area contributed by atoms with Gasteiger partial charge in [0, 0.05) is 41.4 Å². The highest BCUT2D eigenvalue weighted by molar-refractivity contribution is 6.08. The Hall–Kier alpha value is -5.14. The Balaban J connectivity index is 0.000000222. The van der Waals surface area contributed by atoms with Gasteiger partial charge in [-0.15, -0.1) is 0 Å². The van der Waals surface area contributed by atoms with E-state index in [-0.39, 0.29) is 35.8 Å². The molecular weight excluding hydrogens is 524 g/mol. The van der Waals surface area contributed by atoms with Crippen LogP contribution >= 0.6 is 0 Å². The van der Waals surface area contributed by atoms with Gasteiger partial charge < -0.3 is 15.2 Å². The zero-order valence-corrected chi connectivity index (χ0v) is 22.2. The molecule has 2 atom stereocenters. The molecule has 0 unspecified atom stereocenters. The molecule has 0 bridgehead atoms. The molecule has 0 saturated heterocycles. The van der Waals surface area contributed by atoms with Gasteiger partial charge in [-0.05, 0) is 24.3 Å². The molecule has 14 nitrogen and oxygen atoms in total. The molecular formula is C26H28N6O8. The minimum atomic E-state index is -0.577. The van der Waals surface area contributed by atoms with Crippen LogP contribution in [0.15, 0.2) is 36.4 Å². The maximum absolute atomic E-state index is 12.1. The van der Waals surface area contributed by atoms with Crippen molar-refractivity contribution in [2.75, 3.05) is 20.0 Å². The van der Waals surface area contributed by atoms with Crippen LogP contribution in [0, 0.1) is 22.0 Å². The molecule has 0 radical (unpaired) electrons. The largest absolute Gasteiger partial charge is 0.469 e. The van der Waals surface area contributed by atoms with Crippen LogP contribution in [-0.4, -0.2) is 63.0 Å². The summed E-state index contributed by atoms with van der Waals surface area (Å²) in [6, 6.07) is 9.24. The average Bonchev–Trinajstić information content (AvgIpc) is 3.55. The van der Waals surface area contributed by atoms with E-state index in [4.69, 9.17) is 5.73 Å². The molecule has 2 aromatic carbocycles. The number of nitrogen functional groups attached to an aromatic ring is 1. The molecule has 2 aromatic heterocycles. The molecule has 2 heterocycles. The van der Waals surface area contributed by atoms with Crippen LogP contribution in [0.2, 0.25) is 0 Å². The summed E-state index contributed by atoms with van der Waals surface area (Å²) in [7, 11) is 2.56. The zero-order valence-electron chi connectivity index (χ0n) is 22.2. The fourth-order valence-electron chi connectivity index (χ4n) is 3.90. The Bertz CT molecular complexity index is 1590. The van der Waals surface area contributed by atoms with E-state index in [1.54, 1.807) is 32.0 Å². The molecule has 4 aromatic rings. The summed E-state index contributed by atoms with van der Waals surface area (Å²) in [5, 5.41) is 25.1. The van der Waals surface area contributed by atoms with Crippen LogP contribution in [0.4, 0.5) is 11.4 Å². The van der Waals surface area contributed by atoms with Gasteiger partial charge in [-0.25, -0.2) is 0 Å². The maximum Gasteiger partial charge on any atom is 0.308 e. The number of anilines is 1. The number of fused-ring (bicyclic) bond motifs is 2. The number of methoxy groups -OCH3 is 2. The average molecular weight is 553 g/mol. The smallest absolute Gasteiger partial charge is 0.308 e. The number of carbonyl (C=O) groups excluding carboxylic acids is 4. The number of hydrogen-bond donors (Lipinski definition) is 3. The van der Waals surface area contributed by atoms with Crippen molar-refractivity contribution in [3.05, 3.63) is 57.9 Å². The van der Waals surface area contributed by atoms with E-state index in [2.05, 4.69) is 29.9 Å². The quantitative estimate of drug-likeness (QED) is 0.0899. The van der Waals surface area contributed by atoms with Crippen LogP contribution in [0.25, 0.3) is 21.8 Å². The zero-order chi connectivity index (χ0) is 29.6. The minimum Gasteiger partial charge on any atom is -0.469 e. The second-order valence-corrected chi connectivity index (χ2v) is 9.04. The molecule has 0 saturated carbocycles. The number of nitrogens with zero attached hydrogens (tertiary/aromatic N) is 3. The van der Waals surface area contributed by atoms with Crippen molar-refractivity contribution >= 4 is 56.7 Å². The van der Waals surface area contributed by atoms with Crippen LogP contribution in [-0.2, 0) is 19.1 Å². The lowest BCUT2D eigenvalue weighted by atomic mass is 10.0. The normalized spacial score (nSPS) is 12.2. The van der Waals surface area contributed by atoms with Gasteiger partial charge in [-0.3, -0.25) is 39.5 Å². The highest BCUT2D eigenvalue weighted by Gasteiger charge is 2.23. The summed E-state index contributed by atoms with van der Waals surface area (Å²) in [4.78, 5) is 57.1. The number of benzene rings is 2. The summed E-state index contributed by atoms with van der Waals surface area (Å²) in [6.07, 6.45) is 0.0284. The van der Waals surface area contributed by atoms with E-state index >= 15 is 0 Å². The van der Waals surface area contributed by atoms with E-state index < -0.39 is 28.7 Å². The molecule has 4 N–H and O–H groups in total. The van der Waals surface area contributed by atoms with E-state index in [1.165, 1.54) is 32.4 Å². The van der Waals surface area contributed by atoms with Crippen LogP contribution in [0.3, 0.4) is 0 Å². The highest BCUT2D eigenvalue weighted by Crippen LogP contribution is 2.24. The highest BCUT2D eigenvalue weighted by atomic mass is 16.6. The second-order valence-electron chi connectivity index (χ2n) is 9.04. The lowest BCUT2D eigenvalue weighted by Gasteiger charge is -2.06. The Morgan fingerprint density at radius 3 is 1.75 bits per heavy atom. The molecule has 4 rings (SSSR count). The van der Waals surface area contributed by atoms with Gasteiger partial charge >= 0.3 is 11.9 Å². The number of ether oxygens (including phenoxy) is 2. The van der Waals surface area contributed by atoms with Crippen LogP contribution in [0.1, 0.15) is 47.7 Å². The monoisotopic (exact) mass is 552 g/mol. The number of non-ortho nitro benzene ring substituents is 1. The van der Waals surface area contributed by atoms with Gasteiger partial charge in [0.05, 0.1) is 42.0 Å². The van der Waals surface area contributed by atoms with Crippen molar-refractivity contribution in [2.45, 2.75) is 26.7 Å². The van der Waals surface area contributed by atoms with Crippen LogP contribution in [0.5, 0.6) is 0 Å². The summed E-state index contributed by atoms with van der Waals surface area (Å²) >= 11 is 0. The van der Waals surface area contributed by atoms with Crippen molar-refractivity contribution in [3.63, 3.8) is 0 Å². The first-order chi connectivity index (χ1) is 19.0.